The lowest BCUT2D eigenvalue weighted by atomic mass is 9.80. The molecule has 2 rings (SSSR count). The average Bonchev–Trinajstić information content (AvgIpc) is 2.39. The number of carbonyl (C=O) groups is 1. The highest BCUT2D eigenvalue weighted by molar-refractivity contribution is 5.89. The van der Waals surface area contributed by atoms with E-state index in [2.05, 4.69) is 30.5 Å². The van der Waals surface area contributed by atoms with Crippen molar-refractivity contribution in [2.75, 3.05) is 5.32 Å². The van der Waals surface area contributed by atoms with Gasteiger partial charge in [-0.2, -0.15) is 0 Å². The molecule has 3 nitrogen and oxygen atoms in total. The minimum atomic E-state index is -0.0164. The molecule has 3 unspecified atom stereocenters. The third kappa shape index (κ3) is 4.07. The summed E-state index contributed by atoms with van der Waals surface area (Å²) in [5, 5.41) is 6.57. The lowest BCUT2D eigenvalue weighted by Gasteiger charge is -2.33. The van der Waals surface area contributed by atoms with E-state index in [1.807, 2.05) is 18.2 Å². The zero-order chi connectivity index (χ0) is 14.5. The predicted molar refractivity (Wildman–Crippen MR) is 83.6 cm³/mol. The lowest BCUT2D eigenvalue weighted by Crippen LogP contribution is -2.38. The fraction of sp³-hybridized carbons (Fsp3) is 0.588. The van der Waals surface area contributed by atoms with Gasteiger partial charge < -0.3 is 10.6 Å². The monoisotopic (exact) mass is 274 g/mol. The van der Waals surface area contributed by atoms with Gasteiger partial charge in [0, 0.05) is 25.2 Å². The van der Waals surface area contributed by atoms with Gasteiger partial charge in [-0.1, -0.05) is 32.0 Å². The molecule has 0 aromatic heterocycles. The van der Waals surface area contributed by atoms with Crippen LogP contribution in [0.3, 0.4) is 0 Å². The summed E-state index contributed by atoms with van der Waals surface area (Å²) in [6.07, 6.45) is 3.88. The third-order valence-corrected chi connectivity index (χ3v) is 4.31. The second kappa shape index (κ2) is 6.89. The Morgan fingerprint density at radius 3 is 2.70 bits per heavy atom. The van der Waals surface area contributed by atoms with Gasteiger partial charge in [-0.3, -0.25) is 4.79 Å². The molecule has 1 saturated carbocycles. The van der Waals surface area contributed by atoms with E-state index in [4.69, 9.17) is 0 Å². The number of hydrogen-bond donors (Lipinski definition) is 2. The smallest absolute Gasteiger partial charge is 0.221 e. The van der Waals surface area contributed by atoms with Crippen LogP contribution >= 0.6 is 0 Å². The van der Waals surface area contributed by atoms with Crippen molar-refractivity contribution in [1.82, 2.24) is 5.32 Å². The first-order chi connectivity index (χ1) is 9.56. The van der Waals surface area contributed by atoms with Crippen molar-refractivity contribution in [2.45, 2.75) is 52.6 Å². The maximum Gasteiger partial charge on any atom is 0.221 e. The van der Waals surface area contributed by atoms with Gasteiger partial charge >= 0.3 is 0 Å². The molecule has 0 heterocycles. The quantitative estimate of drug-likeness (QED) is 0.881. The molecule has 20 heavy (non-hydrogen) atoms. The Morgan fingerprint density at radius 1 is 1.25 bits per heavy atom. The first-order valence-electron chi connectivity index (χ1n) is 7.65. The molecule has 110 valence electrons. The maximum absolute atomic E-state index is 11.2. The van der Waals surface area contributed by atoms with Crippen LogP contribution in [-0.4, -0.2) is 11.9 Å². The summed E-state index contributed by atoms with van der Waals surface area (Å²) < 4.78 is 0. The minimum absolute atomic E-state index is 0.0164. The number of rotatable bonds is 4. The van der Waals surface area contributed by atoms with E-state index in [0.29, 0.717) is 6.04 Å². The Kier molecular flexibility index (Phi) is 5.18. The molecule has 1 fully saturated rings. The highest BCUT2D eigenvalue weighted by Gasteiger charge is 2.24. The molecule has 0 aliphatic heterocycles. The summed E-state index contributed by atoms with van der Waals surface area (Å²) in [5.41, 5.74) is 2.08. The molecular formula is C17H26N2O. The van der Waals surface area contributed by atoms with Crippen LogP contribution in [0.5, 0.6) is 0 Å². The van der Waals surface area contributed by atoms with E-state index in [9.17, 15) is 4.79 Å². The van der Waals surface area contributed by atoms with Crippen LogP contribution in [-0.2, 0) is 11.3 Å². The molecule has 0 spiro atoms. The van der Waals surface area contributed by atoms with Crippen LogP contribution in [0.1, 0.15) is 45.6 Å². The second-order valence-corrected chi connectivity index (χ2v) is 6.22. The standard InChI is InChI=1S/C17H26N2O/c1-12-8-9-16(13(2)10-12)18-11-15-6-4-5-7-17(15)19-14(3)20/h4-7,12-13,16,18H,8-11H2,1-3H3,(H,19,20). The van der Waals surface area contributed by atoms with E-state index in [-0.39, 0.29) is 5.91 Å². The van der Waals surface area contributed by atoms with Crippen molar-refractivity contribution in [3.63, 3.8) is 0 Å². The maximum atomic E-state index is 11.2. The number of amides is 1. The normalized spacial score (nSPS) is 26.2. The number of para-hydroxylation sites is 1. The van der Waals surface area contributed by atoms with E-state index >= 15 is 0 Å². The topological polar surface area (TPSA) is 41.1 Å². The van der Waals surface area contributed by atoms with Crippen LogP contribution < -0.4 is 10.6 Å². The SMILES string of the molecule is CC(=O)Nc1ccccc1CNC1CCC(C)CC1C. The molecule has 1 aliphatic rings. The molecule has 1 amide bonds. The number of hydrogen-bond acceptors (Lipinski definition) is 2. The van der Waals surface area contributed by atoms with E-state index in [1.54, 1.807) is 6.92 Å². The summed E-state index contributed by atoms with van der Waals surface area (Å²) >= 11 is 0. The van der Waals surface area contributed by atoms with Gasteiger partial charge in [0.1, 0.15) is 0 Å². The van der Waals surface area contributed by atoms with Crippen LogP contribution in [0, 0.1) is 11.8 Å². The Labute approximate surface area is 122 Å². The minimum Gasteiger partial charge on any atom is -0.326 e. The molecule has 3 heteroatoms. The molecular weight excluding hydrogens is 248 g/mol. The lowest BCUT2D eigenvalue weighted by molar-refractivity contribution is -0.114. The summed E-state index contributed by atoms with van der Waals surface area (Å²) in [6, 6.07) is 8.62. The van der Waals surface area contributed by atoms with Crippen molar-refractivity contribution >= 4 is 11.6 Å². The number of carbonyl (C=O) groups excluding carboxylic acids is 1. The van der Waals surface area contributed by atoms with Gasteiger partial charge in [-0.25, -0.2) is 0 Å². The van der Waals surface area contributed by atoms with Crippen molar-refractivity contribution in [2.24, 2.45) is 11.8 Å². The zero-order valence-corrected chi connectivity index (χ0v) is 12.8. The van der Waals surface area contributed by atoms with Crippen molar-refractivity contribution in [3.05, 3.63) is 29.8 Å². The molecule has 3 atom stereocenters. The Bertz CT molecular complexity index is 458. The number of benzene rings is 1. The molecule has 0 radical (unpaired) electrons. The summed E-state index contributed by atoms with van der Waals surface area (Å²) in [4.78, 5) is 11.2. The molecule has 1 aromatic carbocycles. The van der Waals surface area contributed by atoms with Crippen molar-refractivity contribution in [3.8, 4) is 0 Å². The van der Waals surface area contributed by atoms with E-state index < -0.39 is 0 Å². The van der Waals surface area contributed by atoms with Crippen LogP contribution in [0.2, 0.25) is 0 Å². The van der Waals surface area contributed by atoms with Crippen molar-refractivity contribution in [1.29, 1.82) is 0 Å². The summed E-state index contributed by atoms with van der Waals surface area (Å²) in [7, 11) is 0. The fourth-order valence-electron chi connectivity index (χ4n) is 3.20. The first kappa shape index (κ1) is 15.0. The largest absolute Gasteiger partial charge is 0.326 e. The summed E-state index contributed by atoms with van der Waals surface area (Å²) in [6.45, 7) is 7.06. The van der Waals surface area contributed by atoms with Crippen LogP contribution in [0.4, 0.5) is 5.69 Å². The van der Waals surface area contributed by atoms with E-state index in [1.165, 1.54) is 19.3 Å². The van der Waals surface area contributed by atoms with Gasteiger partial charge in [0.2, 0.25) is 5.91 Å². The molecule has 0 bridgehead atoms. The van der Waals surface area contributed by atoms with Gasteiger partial charge in [-0.05, 0) is 42.7 Å². The molecule has 1 aliphatic carbocycles. The number of nitrogens with one attached hydrogen (secondary N) is 2. The van der Waals surface area contributed by atoms with Gasteiger partial charge in [0.05, 0.1) is 0 Å². The Hall–Kier alpha value is -1.35. The fourth-order valence-corrected chi connectivity index (χ4v) is 3.20. The highest BCUT2D eigenvalue weighted by Crippen LogP contribution is 2.29. The van der Waals surface area contributed by atoms with Crippen LogP contribution in [0.15, 0.2) is 24.3 Å². The van der Waals surface area contributed by atoms with Gasteiger partial charge in [0.25, 0.3) is 0 Å². The van der Waals surface area contributed by atoms with Gasteiger partial charge in [-0.15, -0.1) is 0 Å². The molecule has 2 N–H and O–H groups in total. The van der Waals surface area contributed by atoms with Crippen molar-refractivity contribution < 1.29 is 4.79 Å². The second-order valence-electron chi connectivity index (χ2n) is 6.22. The summed E-state index contributed by atoms with van der Waals surface area (Å²) in [5.74, 6) is 1.57. The first-order valence-corrected chi connectivity index (χ1v) is 7.65. The number of anilines is 1. The molecule has 0 saturated heterocycles. The zero-order valence-electron chi connectivity index (χ0n) is 12.8. The predicted octanol–water partition coefficient (Wildman–Crippen LogP) is 3.56. The third-order valence-electron chi connectivity index (χ3n) is 4.31. The highest BCUT2D eigenvalue weighted by atomic mass is 16.1. The average molecular weight is 274 g/mol. The van der Waals surface area contributed by atoms with Crippen LogP contribution in [0.25, 0.3) is 0 Å². The van der Waals surface area contributed by atoms with Gasteiger partial charge in [0.15, 0.2) is 0 Å². The molecule has 1 aromatic rings. The Balaban J connectivity index is 1.95. The Morgan fingerprint density at radius 2 is 2.00 bits per heavy atom. The van der Waals surface area contributed by atoms with E-state index in [0.717, 1.165) is 29.6 Å².